The maximum Gasteiger partial charge on any atom is 0.207 e. The van der Waals surface area contributed by atoms with Crippen LogP contribution in [0.25, 0.3) is 0 Å². The van der Waals surface area contributed by atoms with Crippen molar-refractivity contribution in [1.29, 1.82) is 0 Å². The quantitative estimate of drug-likeness (QED) is 0.262. The Morgan fingerprint density at radius 3 is 1.35 bits per heavy atom. The molecule has 0 spiro atoms. The van der Waals surface area contributed by atoms with Crippen molar-refractivity contribution in [3.63, 3.8) is 0 Å². The minimum absolute atomic E-state index is 0.209. The molecule has 2 aliphatic rings. The van der Waals surface area contributed by atoms with Crippen LogP contribution >= 0.6 is 0 Å². The Morgan fingerprint density at radius 1 is 0.595 bits per heavy atom. The van der Waals surface area contributed by atoms with E-state index in [9.17, 15) is 0 Å². The van der Waals surface area contributed by atoms with Crippen LogP contribution in [0, 0.1) is 0 Å². The lowest BCUT2D eigenvalue weighted by Crippen LogP contribution is -2.65. The SMILES string of the molecule is CCCCC1(CC)OCOC1(Cc1ccccc1)OC1(Cc2ccccc2)OCOC1(CC)CCCC. The molecule has 204 valence electrons. The molecule has 0 bridgehead atoms. The first kappa shape index (κ1) is 28.3. The molecule has 0 amide bonds. The molecule has 5 heteroatoms. The van der Waals surface area contributed by atoms with Gasteiger partial charge in [0.25, 0.3) is 0 Å². The van der Waals surface area contributed by atoms with Crippen molar-refractivity contribution in [1.82, 2.24) is 0 Å². The van der Waals surface area contributed by atoms with Crippen LogP contribution in [0.5, 0.6) is 0 Å². The lowest BCUT2D eigenvalue weighted by atomic mass is 9.78. The first-order chi connectivity index (χ1) is 18.0. The summed E-state index contributed by atoms with van der Waals surface area (Å²) in [7, 11) is 0. The van der Waals surface area contributed by atoms with E-state index < -0.39 is 22.8 Å². The predicted molar refractivity (Wildman–Crippen MR) is 146 cm³/mol. The van der Waals surface area contributed by atoms with Crippen LogP contribution in [0.3, 0.4) is 0 Å². The van der Waals surface area contributed by atoms with Crippen molar-refractivity contribution in [2.75, 3.05) is 13.6 Å². The number of rotatable bonds is 14. The van der Waals surface area contributed by atoms with Gasteiger partial charge in [-0.15, -0.1) is 0 Å². The largest absolute Gasteiger partial charge is 0.343 e. The molecule has 4 rings (SSSR count). The van der Waals surface area contributed by atoms with Crippen molar-refractivity contribution in [3.8, 4) is 0 Å². The zero-order valence-corrected chi connectivity index (χ0v) is 23.3. The molecule has 2 heterocycles. The summed E-state index contributed by atoms with van der Waals surface area (Å²) in [6.07, 6.45) is 8.70. The Labute approximate surface area is 223 Å². The number of benzene rings is 2. The summed E-state index contributed by atoms with van der Waals surface area (Å²) in [5.41, 5.74) is 1.15. The number of hydrogen-bond donors (Lipinski definition) is 0. The Kier molecular flexibility index (Phi) is 9.47. The molecule has 2 aromatic rings. The van der Waals surface area contributed by atoms with Gasteiger partial charge in [-0.1, -0.05) is 114 Å². The molecule has 2 aromatic carbocycles. The highest BCUT2D eigenvalue weighted by Gasteiger charge is 2.67. The molecule has 4 atom stereocenters. The van der Waals surface area contributed by atoms with E-state index in [0.29, 0.717) is 12.8 Å². The second-order valence-corrected chi connectivity index (χ2v) is 10.6. The first-order valence-corrected chi connectivity index (χ1v) is 14.4. The Bertz CT molecular complexity index is 875. The molecule has 0 radical (unpaired) electrons. The molecular weight excluding hydrogens is 464 g/mol. The van der Waals surface area contributed by atoms with Gasteiger partial charge in [-0.05, 0) is 36.8 Å². The number of ether oxygens (including phenoxy) is 5. The molecule has 4 unspecified atom stereocenters. The highest BCUT2D eigenvalue weighted by molar-refractivity contribution is 5.22. The maximum absolute atomic E-state index is 7.47. The summed E-state index contributed by atoms with van der Waals surface area (Å²) < 4.78 is 33.8. The fraction of sp³-hybridized carbons (Fsp3) is 0.625. The van der Waals surface area contributed by atoms with E-state index in [2.05, 4.69) is 76.2 Å². The average Bonchev–Trinajstić information content (AvgIpc) is 3.45. The third kappa shape index (κ3) is 5.53. The van der Waals surface area contributed by atoms with Gasteiger partial charge in [0.05, 0.1) is 0 Å². The van der Waals surface area contributed by atoms with E-state index in [1.165, 1.54) is 0 Å². The van der Waals surface area contributed by atoms with Crippen molar-refractivity contribution in [2.24, 2.45) is 0 Å². The highest BCUT2D eigenvalue weighted by atomic mass is 16.9. The Balaban J connectivity index is 1.84. The summed E-state index contributed by atoms with van der Waals surface area (Å²) in [5.74, 6) is -2.01. The Morgan fingerprint density at radius 2 is 1.00 bits per heavy atom. The molecule has 0 saturated carbocycles. The third-order valence-electron chi connectivity index (χ3n) is 8.54. The van der Waals surface area contributed by atoms with Crippen LogP contribution < -0.4 is 0 Å². The minimum atomic E-state index is -1.01. The molecule has 2 fully saturated rings. The summed E-state index contributed by atoms with van der Waals surface area (Å²) in [6, 6.07) is 21.0. The van der Waals surface area contributed by atoms with Crippen molar-refractivity contribution >= 4 is 0 Å². The van der Waals surface area contributed by atoms with Gasteiger partial charge in [0.2, 0.25) is 11.6 Å². The third-order valence-corrected chi connectivity index (χ3v) is 8.54. The van der Waals surface area contributed by atoms with E-state index in [1.807, 2.05) is 12.1 Å². The highest BCUT2D eigenvalue weighted by Crippen LogP contribution is 2.53. The standard InChI is InChI=1S/C32H46O5/c1-5-9-21-29(7-3)31(35-25-33-29,23-27-17-13-11-14-18-27)37-32(24-28-19-15-12-16-20-28)30(8-4,22-10-6-2)34-26-36-32/h11-20H,5-10,21-26H2,1-4H3. The van der Waals surface area contributed by atoms with Gasteiger partial charge in [-0.3, -0.25) is 0 Å². The van der Waals surface area contributed by atoms with Crippen LogP contribution in [0.4, 0.5) is 0 Å². The fourth-order valence-electron chi connectivity index (χ4n) is 6.24. The fourth-order valence-corrected chi connectivity index (χ4v) is 6.24. The van der Waals surface area contributed by atoms with Gasteiger partial charge in [-0.2, -0.15) is 0 Å². The van der Waals surface area contributed by atoms with Crippen LogP contribution in [0.15, 0.2) is 60.7 Å². The molecule has 0 aromatic heterocycles. The van der Waals surface area contributed by atoms with Gasteiger partial charge in [0.15, 0.2) is 13.6 Å². The molecule has 0 N–H and O–H groups in total. The molecule has 5 nitrogen and oxygen atoms in total. The van der Waals surface area contributed by atoms with Gasteiger partial charge >= 0.3 is 0 Å². The zero-order valence-electron chi connectivity index (χ0n) is 23.3. The predicted octanol–water partition coefficient (Wildman–Crippen LogP) is 7.57. The molecule has 2 saturated heterocycles. The summed E-state index contributed by atoms with van der Waals surface area (Å²) >= 11 is 0. The molecule has 37 heavy (non-hydrogen) atoms. The van der Waals surface area contributed by atoms with Crippen LogP contribution in [-0.4, -0.2) is 36.4 Å². The maximum atomic E-state index is 7.47. The van der Waals surface area contributed by atoms with Gasteiger partial charge in [-0.25, -0.2) is 0 Å². The van der Waals surface area contributed by atoms with Gasteiger partial charge in [0, 0.05) is 12.8 Å². The smallest absolute Gasteiger partial charge is 0.207 e. The first-order valence-electron chi connectivity index (χ1n) is 14.4. The zero-order chi connectivity index (χ0) is 26.2. The van der Waals surface area contributed by atoms with Gasteiger partial charge < -0.3 is 23.7 Å². The molecule has 0 aliphatic carbocycles. The normalized spacial score (nSPS) is 31.7. The van der Waals surface area contributed by atoms with Gasteiger partial charge in [0.1, 0.15) is 11.2 Å². The number of unbranched alkanes of at least 4 members (excludes halogenated alkanes) is 2. The monoisotopic (exact) mass is 510 g/mol. The van der Waals surface area contributed by atoms with Crippen LogP contribution in [-0.2, 0) is 36.5 Å². The summed E-state index contributed by atoms with van der Waals surface area (Å²) in [5, 5.41) is 0. The minimum Gasteiger partial charge on any atom is -0.343 e. The lowest BCUT2D eigenvalue weighted by Gasteiger charge is -2.51. The van der Waals surface area contributed by atoms with E-state index in [4.69, 9.17) is 23.7 Å². The van der Waals surface area contributed by atoms with Crippen LogP contribution in [0.1, 0.15) is 90.2 Å². The number of hydrogen-bond acceptors (Lipinski definition) is 5. The lowest BCUT2D eigenvalue weighted by molar-refractivity contribution is -0.374. The summed E-state index contributed by atoms with van der Waals surface area (Å²) in [6.45, 7) is 9.23. The summed E-state index contributed by atoms with van der Waals surface area (Å²) in [4.78, 5) is 0. The van der Waals surface area contributed by atoms with Crippen molar-refractivity contribution < 1.29 is 23.7 Å². The van der Waals surface area contributed by atoms with Crippen molar-refractivity contribution in [3.05, 3.63) is 71.8 Å². The van der Waals surface area contributed by atoms with E-state index in [-0.39, 0.29) is 13.6 Å². The second-order valence-electron chi connectivity index (χ2n) is 10.6. The second kappa shape index (κ2) is 12.4. The van der Waals surface area contributed by atoms with E-state index in [0.717, 1.165) is 62.5 Å². The Hall–Kier alpha value is -1.76. The molecular formula is C32H46O5. The van der Waals surface area contributed by atoms with E-state index in [1.54, 1.807) is 0 Å². The average molecular weight is 511 g/mol. The topological polar surface area (TPSA) is 46.2 Å². The molecule has 2 aliphatic heterocycles. The van der Waals surface area contributed by atoms with E-state index >= 15 is 0 Å². The van der Waals surface area contributed by atoms with Crippen LogP contribution in [0.2, 0.25) is 0 Å². The van der Waals surface area contributed by atoms with Crippen molar-refractivity contribution in [2.45, 2.75) is 115 Å².